The number of anilines is 1. The molecule has 0 spiro atoms. The lowest BCUT2D eigenvalue weighted by Crippen LogP contribution is -2.55. The fourth-order valence-electron chi connectivity index (χ4n) is 2.48. The molecule has 0 radical (unpaired) electrons. The highest BCUT2D eigenvalue weighted by atomic mass is 16.3. The molecule has 1 aromatic carbocycles. The van der Waals surface area contributed by atoms with E-state index in [0.29, 0.717) is 22.8 Å². The lowest BCUT2D eigenvalue weighted by Gasteiger charge is -2.22. The number of hydrogen-bond donors (Lipinski definition) is 4. The Hall–Kier alpha value is -3.29. The van der Waals surface area contributed by atoms with Crippen molar-refractivity contribution >= 4 is 23.5 Å². The van der Waals surface area contributed by atoms with Crippen molar-refractivity contribution in [3.05, 3.63) is 53.5 Å². The molecule has 1 atom stereocenters. The summed E-state index contributed by atoms with van der Waals surface area (Å²) >= 11 is 0. The summed E-state index contributed by atoms with van der Waals surface area (Å²) in [5, 5.41) is 5.27. The Balaban J connectivity index is 1.93. The van der Waals surface area contributed by atoms with Gasteiger partial charge in [-0.2, -0.15) is 0 Å². The highest BCUT2D eigenvalue weighted by molar-refractivity contribution is 5.98. The highest BCUT2D eigenvalue weighted by Crippen LogP contribution is 2.13. The predicted octanol–water partition coefficient (Wildman–Crippen LogP) is 2.50. The first-order valence-electron chi connectivity index (χ1n) is 8.57. The zero-order valence-electron chi connectivity index (χ0n) is 15.8. The maximum Gasteiger partial charge on any atom is 0.319 e. The molecule has 0 bridgehead atoms. The summed E-state index contributed by atoms with van der Waals surface area (Å²) in [4.78, 5) is 36.7. The molecule has 2 aromatic rings. The number of rotatable bonds is 5. The molecular formula is C19H24N4O4. The van der Waals surface area contributed by atoms with Crippen LogP contribution >= 0.6 is 0 Å². The van der Waals surface area contributed by atoms with Crippen LogP contribution in [0, 0.1) is 19.8 Å². The molecule has 2 rings (SSSR count). The average Bonchev–Trinajstić information content (AvgIpc) is 2.96. The summed E-state index contributed by atoms with van der Waals surface area (Å²) in [5.74, 6) is -0.155. The van der Waals surface area contributed by atoms with E-state index in [9.17, 15) is 14.4 Å². The number of furan rings is 1. The molecule has 4 amide bonds. The van der Waals surface area contributed by atoms with E-state index >= 15 is 0 Å². The number of benzene rings is 1. The van der Waals surface area contributed by atoms with E-state index in [1.54, 1.807) is 58.0 Å². The minimum Gasteiger partial charge on any atom is -0.466 e. The lowest BCUT2D eigenvalue weighted by molar-refractivity contribution is -0.124. The molecule has 8 heteroatoms. The number of amides is 4. The number of hydrogen-bond acceptors (Lipinski definition) is 4. The first kappa shape index (κ1) is 20.0. The van der Waals surface area contributed by atoms with Gasteiger partial charge in [0.2, 0.25) is 0 Å². The van der Waals surface area contributed by atoms with Crippen molar-refractivity contribution in [2.24, 2.45) is 5.92 Å². The van der Waals surface area contributed by atoms with Crippen LogP contribution in [0.25, 0.3) is 0 Å². The lowest BCUT2D eigenvalue weighted by atomic mass is 10.0. The Morgan fingerprint density at radius 3 is 2.22 bits per heavy atom. The van der Waals surface area contributed by atoms with Gasteiger partial charge in [-0.1, -0.05) is 32.0 Å². The van der Waals surface area contributed by atoms with Gasteiger partial charge < -0.3 is 15.1 Å². The minimum absolute atomic E-state index is 0.193. The molecule has 1 aromatic heterocycles. The van der Waals surface area contributed by atoms with Crippen LogP contribution in [0.3, 0.4) is 0 Å². The first-order chi connectivity index (χ1) is 12.8. The highest BCUT2D eigenvalue weighted by Gasteiger charge is 2.25. The average molecular weight is 372 g/mol. The molecule has 27 heavy (non-hydrogen) atoms. The molecule has 0 saturated heterocycles. The van der Waals surface area contributed by atoms with Crippen LogP contribution in [0.15, 0.2) is 40.8 Å². The summed E-state index contributed by atoms with van der Waals surface area (Å²) in [5.41, 5.74) is 5.63. The summed E-state index contributed by atoms with van der Waals surface area (Å²) < 4.78 is 5.30. The van der Waals surface area contributed by atoms with E-state index in [1.807, 2.05) is 6.07 Å². The van der Waals surface area contributed by atoms with Gasteiger partial charge in [0, 0.05) is 5.69 Å². The number of aryl methyl sites for hydroxylation is 2. The third kappa shape index (κ3) is 5.60. The van der Waals surface area contributed by atoms with Crippen LogP contribution in [0.4, 0.5) is 10.5 Å². The number of nitrogens with one attached hydrogen (secondary N) is 4. The fourth-order valence-corrected chi connectivity index (χ4v) is 2.48. The molecular weight excluding hydrogens is 348 g/mol. The van der Waals surface area contributed by atoms with Crippen LogP contribution < -0.4 is 21.5 Å². The quantitative estimate of drug-likeness (QED) is 0.604. The zero-order chi connectivity index (χ0) is 20.0. The SMILES string of the molecule is Cc1cc(C(=O)NNC(=O)C(NC(=O)Nc2ccccc2)C(C)C)c(C)o1. The second-order valence-corrected chi connectivity index (χ2v) is 6.46. The Bertz CT molecular complexity index is 814. The predicted molar refractivity (Wildman–Crippen MR) is 101 cm³/mol. The third-order valence-electron chi connectivity index (χ3n) is 3.85. The topological polar surface area (TPSA) is 112 Å². The molecule has 1 heterocycles. The second-order valence-electron chi connectivity index (χ2n) is 6.46. The second kappa shape index (κ2) is 8.88. The number of urea groups is 1. The Kier molecular flexibility index (Phi) is 6.59. The zero-order valence-corrected chi connectivity index (χ0v) is 15.8. The van der Waals surface area contributed by atoms with Gasteiger partial charge in [0.25, 0.3) is 11.8 Å². The van der Waals surface area contributed by atoms with E-state index in [4.69, 9.17) is 4.42 Å². The van der Waals surface area contributed by atoms with Gasteiger partial charge in [-0.05, 0) is 38.0 Å². The van der Waals surface area contributed by atoms with Crippen molar-refractivity contribution in [3.8, 4) is 0 Å². The molecule has 1 unspecified atom stereocenters. The molecule has 0 saturated carbocycles. The van der Waals surface area contributed by atoms with Crippen LogP contribution in [-0.4, -0.2) is 23.9 Å². The van der Waals surface area contributed by atoms with Gasteiger partial charge in [0.05, 0.1) is 5.56 Å². The summed E-state index contributed by atoms with van der Waals surface area (Å²) in [6.07, 6.45) is 0. The maximum absolute atomic E-state index is 12.4. The van der Waals surface area contributed by atoms with Gasteiger partial charge in [0.1, 0.15) is 17.6 Å². The number of hydrazine groups is 1. The normalized spacial score (nSPS) is 11.6. The van der Waals surface area contributed by atoms with Crippen molar-refractivity contribution in [1.82, 2.24) is 16.2 Å². The van der Waals surface area contributed by atoms with Crippen molar-refractivity contribution in [2.75, 3.05) is 5.32 Å². The first-order valence-corrected chi connectivity index (χ1v) is 8.57. The van der Waals surface area contributed by atoms with Crippen LogP contribution in [0.5, 0.6) is 0 Å². The molecule has 0 aliphatic heterocycles. The van der Waals surface area contributed by atoms with Crippen LogP contribution in [-0.2, 0) is 4.79 Å². The van der Waals surface area contributed by atoms with E-state index in [0.717, 1.165) is 0 Å². The van der Waals surface area contributed by atoms with Crippen molar-refractivity contribution < 1.29 is 18.8 Å². The number of para-hydroxylation sites is 1. The molecule has 0 aliphatic carbocycles. The molecule has 0 fully saturated rings. The van der Waals surface area contributed by atoms with Gasteiger partial charge in [-0.25, -0.2) is 4.79 Å². The largest absolute Gasteiger partial charge is 0.466 e. The van der Waals surface area contributed by atoms with Gasteiger partial charge in [-0.15, -0.1) is 0 Å². The standard InChI is InChI=1S/C19H24N4O4/c1-11(2)16(21-19(26)20-14-8-6-5-7-9-14)18(25)23-22-17(24)15-10-12(3)27-13(15)4/h5-11,16H,1-4H3,(H,22,24)(H,23,25)(H2,20,21,26). The number of carbonyl (C=O) groups excluding carboxylic acids is 3. The molecule has 8 nitrogen and oxygen atoms in total. The van der Waals surface area contributed by atoms with Crippen molar-refractivity contribution in [2.45, 2.75) is 33.7 Å². The minimum atomic E-state index is -0.832. The Labute approximate surface area is 157 Å². The van der Waals surface area contributed by atoms with Gasteiger partial charge in [-0.3, -0.25) is 20.4 Å². The van der Waals surface area contributed by atoms with E-state index in [-0.39, 0.29) is 5.92 Å². The van der Waals surface area contributed by atoms with Gasteiger partial charge >= 0.3 is 6.03 Å². The van der Waals surface area contributed by atoms with E-state index < -0.39 is 23.9 Å². The molecule has 0 aliphatic rings. The summed E-state index contributed by atoms with van der Waals surface area (Å²) in [7, 11) is 0. The summed E-state index contributed by atoms with van der Waals surface area (Å²) in [6.45, 7) is 6.97. The Morgan fingerprint density at radius 2 is 1.67 bits per heavy atom. The van der Waals surface area contributed by atoms with Crippen molar-refractivity contribution in [3.63, 3.8) is 0 Å². The number of carbonyl (C=O) groups is 3. The van der Waals surface area contributed by atoms with Gasteiger partial charge in [0.15, 0.2) is 0 Å². The fraction of sp³-hybridized carbons (Fsp3) is 0.316. The molecule has 4 N–H and O–H groups in total. The van der Waals surface area contributed by atoms with Crippen molar-refractivity contribution in [1.29, 1.82) is 0 Å². The monoisotopic (exact) mass is 372 g/mol. The smallest absolute Gasteiger partial charge is 0.319 e. The van der Waals surface area contributed by atoms with Crippen LogP contribution in [0.1, 0.15) is 35.7 Å². The van der Waals surface area contributed by atoms with E-state index in [2.05, 4.69) is 21.5 Å². The summed E-state index contributed by atoms with van der Waals surface area (Å²) in [6, 6.07) is 9.12. The van der Waals surface area contributed by atoms with Crippen LogP contribution in [0.2, 0.25) is 0 Å². The van der Waals surface area contributed by atoms with E-state index in [1.165, 1.54) is 0 Å². The third-order valence-corrected chi connectivity index (χ3v) is 3.85. The molecule has 144 valence electrons. The Morgan fingerprint density at radius 1 is 1.00 bits per heavy atom. The maximum atomic E-state index is 12.4.